The van der Waals surface area contributed by atoms with Crippen molar-refractivity contribution in [2.45, 2.75) is 6.42 Å². The topological polar surface area (TPSA) is 86.4 Å². The molecule has 1 fully saturated rings. The van der Waals surface area contributed by atoms with Crippen LogP contribution in [-0.2, 0) is 6.42 Å². The predicted octanol–water partition coefficient (Wildman–Crippen LogP) is 2.30. The minimum atomic E-state index is -0.668. The van der Waals surface area contributed by atoms with E-state index in [1.165, 1.54) is 23.1 Å². The third-order valence-corrected chi connectivity index (χ3v) is 4.42. The van der Waals surface area contributed by atoms with Gasteiger partial charge in [0.2, 0.25) is 0 Å². The van der Waals surface area contributed by atoms with E-state index < -0.39 is 17.9 Å². The third kappa shape index (κ3) is 4.39. The summed E-state index contributed by atoms with van der Waals surface area (Å²) in [6.45, 7) is 0.361. The van der Waals surface area contributed by atoms with Gasteiger partial charge in [-0.05, 0) is 42.3 Å². The molecule has 0 bridgehead atoms. The Balaban J connectivity index is 1.61. The number of rotatable bonds is 6. The summed E-state index contributed by atoms with van der Waals surface area (Å²) < 4.78 is 23.9. The number of benzene rings is 2. The molecule has 0 aliphatic carbocycles. The summed E-state index contributed by atoms with van der Waals surface area (Å²) in [7, 11) is 4.70. The normalized spacial score (nSPS) is 13.6. The molecule has 1 heterocycles. The van der Waals surface area contributed by atoms with Crippen molar-refractivity contribution in [1.82, 2.24) is 21.0 Å². The monoisotopic (exact) mass is 403 g/mol. The van der Waals surface area contributed by atoms with Crippen molar-refractivity contribution in [1.29, 1.82) is 0 Å². The maximum absolute atomic E-state index is 13.4. The molecule has 3 rings (SSSR count). The minimum Gasteiger partial charge on any atom is -0.493 e. The van der Waals surface area contributed by atoms with E-state index in [4.69, 9.17) is 9.47 Å². The molecule has 2 aromatic rings. The first-order chi connectivity index (χ1) is 13.9. The number of methoxy groups -OCH3 is 2. The molecule has 0 spiro atoms. The molecule has 9 nitrogen and oxygen atoms in total. The number of nitrogens with one attached hydrogen (secondary N) is 2. The van der Waals surface area contributed by atoms with Crippen molar-refractivity contribution in [2.24, 2.45) is 0 Å². The highest BCUT2D eigenvalue weighted by Gasteiger charge is 2.36. The number of urea groups is 2. The summed E-state index contributed by atoms with van der Waals surface area (Å²) >= 11 is 0. The largest absolute Gasteiger partial charge is 0.493 e. The van der Waals surface area contributed by atoms with E-state index in [0.717, 1.165) is 15.6 Å². The van der Waals surface area contributed by atoms with Crippen molar-refractivity contribution < 1.29 is 23.5 Å². The number of hydrogen-bond acceptors (Lipinski definition) is 6. The van der Waals surface area contributed by atoms with Gasteiger partial charge in [0.1, 0.15) is 5.82 Å². The number of nitrogens with zero attached hydrogens (tertiary/aromatic N) is 3. The van der Waals surface area contributed by atoms with Crippen molar-refractivity contribution in [2.75, 3.05) is 32.8 Å². The van der Waals surface area contributed by atoms with Crippen LogP contribution in [0.5, 0.6) is 11.5 Å². The summed E-state index contributed by atoms with van der Waals surface area (Å²) in [6.07, 6.45) is 0.547. The van der Waals surface area contributed by atoms with Crippen LogP contribution in [0.3, 0.4) is 0 Å². The smallest absolute Gasteiger partial charge is 0.364 e. The van der Waals surface area contributed by atoms with Gasteiger partial charge in [-0.1, -0.05) is 12.1 Å². The summed E-state index contributed by atoms with van der Waals surface area (Å²) in [6, 6.07) is 9.76. The fraction of sp³-hybridized carbons (Fsp3) is 0.263. The molecular formula is C19H22FN5O4. The Morgan fingerprint density at radius 3 is 2.55 bits per heavy atom. The van der Waals surface area contributed by atoms with Crippen LogP contribution in [0.2, 0.25) is 0 Å². The van der Waals surface area contributed by atoms with Crippen LogP contribution < -0.4 is 25.6 Å². The van der Waals surface area contributed by atoms with Gasteiger partial charge in [0.25, 0.3) is 0 Å². The van der Waals surface area contributed by atoms with Gasteiger partial charge in [-0.3, -0.25) is 0 Å². The van der Waals surface area contributed by atoms with Gasteiger partial charge in [0.05, 0.1) is 19.9 Å². The first kappa shape index (κ1) is 20.4. The van der Waals surface area contributed by atoms with Gasteiger partial charge in [-0.2, -0.15) is 5.01 Å². The molecule has 1 aliphatic heterocycles. The van der Waals surface area contributed by atoms with Crippen molar-refractivity contribution >= 4 is 17.7 Å². The number of anilines is 1. The number of likely N-dealkylation sites (N-methyl/N-ethyl adjacent to an activating group) is 1. The molecule has 29 heavy (non-hydrogen) atoms. The van der Waals surface area contributed by atoms with Gasteiger partial charge >= 0.3 is 12.1 Å². The summed E-state index contributed by atoms with van der Waals surface area (Å²) in [4.78, 5) is 26.5. The number of hydrogen-bond donors (Lipinski definition) is 2. The fourth-order valence-corrected chi connectivity index (χ4v) is 2.81. The fourth-order valence-electron chi connectivity index (χ4n) is 2.81. The van der Waals surface area contributed by atoms with Gasteiger partial charge in [0, 0.05) is 13.6 Å². The number of halogens is 1. The number of carbonyl (C=O) groups is 2. The third-order valence-electron chi connectivity index (χ3n) is 4.42. The number of hydrazine groups is 3. The molecule has 0 saturated carbocycles. The Hall–Kier alpha value is -3.37. The van der Waals surface area contributed by atoms with Crippen LogP contribution >= 0.6 is 0 Å². The van der Waals surface area contributed by atoms with Crippen molar-refractivity contribution in [3.05, 3.63) is 53.8 Å². The lowest BCUT2D eigenvalue weighted by atomic mass is 10.1. The highest BCUT2D eigenvalue weighted by molar-refractivity contribution is 6.02. The number of imide groups is 1. The molecule has 1 saturated heterocycles. The summed E-state index contributed by atoms with van der Waals surface area (Å²) in [5.41, 5.74) is 6.26. The second-order valence-electron chi connectivity index (χ2n) is 6.30. The average molecular weight is 403 g/mol. The van der Waals surface area contributed by atoms with Crippen LogP contribution in [0, 0.1) is 5.82 Å². The number of carbonyl (C=O) groups excluding carboxylic acids is 2. The standard InChI is InChI=1S/C19H22FN5O4/c1-23(10-9-13-7-8-16(28-2)17(11-13)29-3)18(26)25-19(27)24(21-22-25)15-6-4-5-14(20)12-15/h4-8,11-12,21-22H,9-10H2,1-3H3. The molecule has 154 valence electrons. The Bertz CT molecular complexity index is 910. The van der Waals surface area contributed by atoms with E-state index in [1.54, 1.807) is 33.4 Å². The van der Waals surface area contributed by atoms with Crippen LogP contribution in [-0.4, -0.2) is 49.8 Å². The van der Waals surface area contributed by atoms with Gasteiger partial charge in [-0.25, -0.2) is 19.0 Å². The molecule has 0 atom stereocenters. The zero-order valence-electron chi connectivity index (χ0n) is 16.3. The lowest BCUT2D eigenvalue weighted by Crippen LogP contribution is -2.48. The van der Waals surface area contributed by atoms with E-state index in [9.17, 15) is 14.0 Å². The predicted molar refractivity (Wildman–Crippen MR) is 104 cm³/mol. The summed E-state index contributed by atoms with van der Waals surface area (Å²) in [5, 5.41) is 1.86. The lowest BCUT2D eigenvalue weighted by molar-refractivity contribution is 0.155. The second kappa shape index (κ2) is 8.76. The second-order valence-corrected chi connectivity index (χ2v) is 6.30. The van der Waals surface area contributed by atoms with Crippen LogP contribution in [0.1, 0.15) is 5.56 Å². The van der Waals surface area contributed by atoms with Crippen LogP contribution in [0.25, 0.3) is 0 Å². The first-order valence-corrected chi connectivity index (χ1v) is 8.81. The van der Waals surface area contributed by atoms with Crippen LogP contribution in [0.4, 0.5) is 19.7 Å². The van der Waals surface area contributed by atoms with Crippen molar-refractivity contribution in [3.63, 3.8) is 0 Å². The minimum absolute atomic E-state index is 0.269. The zero-order chi connectivity index (χ0) is 21.0. The molecule has 2 N–H and O–H groups in total. The summed E-state index contributed by atoms with van der Waals surface area (Å²) in [5.74, 6) is 0.732. The number of amides is 4. The van der Waals surface area contributed by atoms with Gasteiger partial charge < -0.3 is 14.4 Å². The van der Waals surface area contributed by atoms with E-state index in [0.29, 0.717) is 24.5 Å². The molecule has 4 amide bonds. The molecule has 2 aromatic carbocycles. The van der Waals surface area contributed by atoms with Crippen LogP contribution in [0.15, 0.2) is 42.5 Å². The molecule has 0 radical (unpaired) electrons. The molecule has 1 aliphatic rings. The Morgan fingerprint density at radius 2 is 1.86 bits per heavy atom. The lowest BCUT2D eigenvalue weighted by Gasteiger charge is -2.22. The highest BCUT2D eigenvalue weighted by atomic mass is 19.1. The molecule has 0 unspecified atom stereocenters. The maximum atomic E-state index is 13.4. The maximum Gasteiger partial charge on any atom is 0.364 e. The molecular weight excluding hydrogens is 381 g/mol. The number of ether oxygens (including phenoxy) is 2. The zero-order valence-corrected chi connectivity index (χ0v) is 16.3. The SMILES string of the molecule is COc1ccc(CCN(C)C(=O)N2NNN(c3cccc(F)c3)C2=O)cc1OC. The Labute approximate surface area is 167 Å². The van der Waals surface area contributed by atoms with Gasteiger partial charge in [0.15, 0.2) is 11.5 Å². The average Bonchev–Trinajstić information content (AvgIpc) is 3.12. The van der Waals surface area contributed by atoms with E-state index in [2.05, 4.69) is 11.1 Å². The molecule has 10 heteroatoms. The van der Waals surface area contributed by atoms with Crippen molar-refractivity contribution in [3.8, 4) is 11.5 Å². The Kier molecular flexibility index (Phi) is 6.15. The van der Waals surface area contributed by atoms with Gasteiger partial charge in [-0.15, -0.1) is 11.1 Å². The van der Waals surface area contributed by atoms with E-state index in [1.807, 2.05) is 12.1 Å². The van der Waals surface area contributed by atoms with E-state index >= 15 is 0 Å². The molecule has 0 aromatic heterocycles. The van der Waals surface area contributed by atoms with E-state index in [-0.39, 0.29) is 5.69 Å². The first-order valence-electron chi connectivity index (χ1n) is 8.81. The Morgan fingerprint density at radius 1 is 1.10 bits per heavy atom. The quantitative estimate of drug-likeness (QED) is 0.770. The highest BCUT2D eigenvalue weighted by Crippen LogP contribution is 2.27.